The van der Waals surface area contributed by atoms with Crippen molar-refractivity contribution < 1.29 is 0 Å². The molecule has 0 aliphatic carbocycles. The maximum Gasteiger partial charge on any atom is -0.0119 e. The van der Waals surface area contributed by atoms with Gasteiger partial charge in [-0.25, -0.2) is 0 Å². The molecule has 0 unspecified atom stereocenters. The first-order valence-corrected chi connectivity index (χ1v) is 6.65. The third kappa shape index (κ3) is 1.99. The number of hydrogen-bond acceptors (Lipinski definition) is 0. The van der Waals surface area contributed by atoms with E-state index in [9.17, 15) is 0 Å². The van der Waals surface area contributed by atoms with Gasteiger partial charge in [-0.3, -0.25) is 0 Å². The van der Waals surface area contributed by atoms with E-state index in [2.05, 4.69) is 62.4 Å². The first kappa shape index (κ1) is 12.6. The highest BCUT2D eigenvalue weighted by Gasteiger charge is 2.04. The normalized spacial score (nSPS) is 10.2. The van der Waals surface area contributed by atoms with Crippen LogP contribution in [0.2, 0.25) is 0 Å². The molecule has 0 nitrogen and oxygen atoms in total. The van der Waals surface area contributed by atoms with Gasteiger partial charge in [-0.05, 0) is 52.6 Å². The summed E-state index contributed by atoms with van der Waals surface area (Å²) >= 11 is 0. The SMILES string of the molecule is CC.Cc1cccc2cc3ccccc3c(C)c12. The van der Waals surface area contributed by atoms with E-state index in [1.165, 1.54) is 32.7 Å². The van der Waals surface area contributed by atoms with Crippen LogP contribution in [-0.2, 0) is 0 Å². The average Bonchev–Trinajstić information content (AvgIpc) is 2.41. The number of benzene rings is 3. The van der Waals surface area contributed by atoms with Crippen LogP contribution in [0, 0.1) is 13.8 Å². The van der Waals surface area contributed by atoms with Crippen LogP contribution in [0.15, 0.2) is 48.5 Å². The van der Waals surface area contributed by atoms with Crippen molar-refractivity contribution in [1.82, 2.24) is 0 Å². The van der Waals surface area contributed by atoms with Crippen LogP contribution in [0.3, 0.4) is 0 Å². The molecular weight excluding hydrogens is 216 g/mol. The lowest BCUT2D eigenvalue weighted by Crippen LogP contribution is -1.85. The summed E-state index contributed by atoms with van der Waals surface area (Å²) in [6.45, 7) is 8.40. The average molecular weight is 236 g/mol. The monoisotopic (exact) mass is 236 g/mol. The molecule has 0 amide bonds. The van der Waals surface area contributed by atoms with Crippen molar-refractivity contribution in [2.75, 3.05) is 0 Å². The van der Waals surface area contributed by atoms with Crippen molar-refractivity contribution in [3.05, 3.63) is 59.7 Å². The van der Waals surface area contributed by atoms with Crippen molar-refractivity contribution in [2.45, 2.75) is 27.7 Å². The lowest BCUT2D eigenvalue weighted by atomic mass is 9.95. The molecule has 3 aromatic carbocycles. The van der Waals surface area contributed by atoms with E-state index in [0.29, 0.717) is 0 Å². The van der Waals surface area contributed by atoms with E-state index >= 15 is 0 Å². The first-order valence-electron chi connectivity index (χ1n) is 6.65. The Morgan fingerprint density at radius 1 is 0.722 bits per heavy atom. The Morgan fingerprint density at radius 3 is 2.17 bits per heavy atom. The van der Waals surface area contributed by atoms with E-state index in [4.69, 9.17) is 0 Å². The fourth-order valence-corrected chi connectivity index (χ4v) is 2.59. The van der Waals surface area contributed by atoms with Gasteiger partial charge in [-0.1, -0.05) is 56.3 Å². The summed E-state index contributed by atoms with van der Waals surface area (Å²) in [6, 6.07) is 17.4. The number of rotatable bonds is 0. The smallest absolute Gasteiger partial charge is 0.0119 e. The molecule has 0 heteroatoms. The van der Waals surface area contributed by atoms with Crippen molar-refractivity contribution in [1.29, 1.82) is 0 Å². The van der Waals surface area contributed by atoms with Gasteiger partial charge < -0.3 is 0 Å². The molecule has 3 rings (SSSR count). The number of aryl methyl sites for hydroxylation is 2. The maximum absolute atomic E-state index is 2.28. The minimum Gasteiger partial charge on any atom is -0.0683 e. The predicted octanol–water partition coefficient (Wildman–Crippen LogP) is 5.64. The highest BCUT2D eigenvalue weighted by Crippen LogP contribution is 2.29. The summed E-state index contributed by atoms with van der Waals surface area (Å²) < 4.78 is 0. The maximum atomic E-state index is 2.28. The Labute approximate surface area is 109 Å². The second kappa shape index (κ2) is 5.22. The van der Waals surface area contributed by atoms with Crippen molar-refractivity contribution in [2.24, 2.45) is 0 Å². The van der Waals surface area contributed by atoms with Crippen LogP contribution in [0.4, 0.5) is 0 Å². The Balaban J connectivity index is 0.000000574. The summed E-state index contributed by atoms with van der Waals surface area (Å²) in [5.41, 5.74) is 2.76. The summed E-state index contributed by atoms with van der Waals surface area (Å²) in [6.07, 6.45) is 0. The second-order valence-corrected chi connectivity index (χ2v) is 4.40. The fourth-order valence-electron chi connectivity index (χ4n) is 2.59. The van der Waals surface area contributed by atoms with Crippen molar-refractivity contribution in [3.8, 4) is 0 Å². The molecule has 18 heavy (non-hydrogen) atoms. The molecule has 0 spiro atoms. The second-order valence-electron chi connectivity index (χ2n) is 4.40. The first-order chi connectivity index (χ1) is 8.77. The van der Waals surface area contributed by atoms with Crippen LogP contribution < -0.4 is 0 Å². The summed E-state index contributed by atoms with van der Waals surface area (Å²) in [7, 11) is 0. The predicted molar refractivity (Wildman–Crippen MR) is 82.3 cm³/mol. The van der Waals surface area contributed by atoms with E-state index < -0.39 is 0 Å². The molecule has 0 fully saturated rings. The fraction of sp³-hybridized carbons (Fsp3) is 0.222. The molecule has 0 aliphatic rings. The zero-order chi connectivity index (χ0) is 13.1. The highest BCUT2D eigenvalue weighted by molar-refractivity contribution is 6.03. The molecule has 0 aliphatic heterocycles. The highest BCUT2D eigenvalue weighted by atomic mass is 14.1. The Hall–Kier alpha value is -1.82. The molecule has 0 atom stereocenters. The molecule has 0 radical (unpaired) electrons. The zero-order valence-electron chi connectivity index (χ0n) is 11.6. The summed E-state index contributed by atoms with van der Waals surface area (Å²) in [5.74, 6) is 0. The third-order valence-electron chi connectivity index (χ3n) is 3.36. The Bertz CT molecular complexity index is 678. The quantitative estimate of drug-likeness (QED) is 0.443. The lowest BCUT2D eigenvalue weighted by Gasteiger charge is -2.09. The molecule has 0 bridgehead atoms. The molecule has 0 N–H and O–H groups in total. The topological polar surface area (TPSA) is 0 Å². The van der Waals surface area contributed by atoms with Gasteiger partial charge in [0.2, 0.25) is 0 Å². The van der Waals surface area contributed by atoms with Gasteiger partial charge in [0.15, 0.2) is 0 Å². The van der Waals surface area contributed by atoms with E-state index in [1.807, 2.05) is 13.8 Å². The van der Waals surface area contributed by atoms with Gasteiger partial charge in [-0.2, -0.15) is 0 Å². The Morgan fingerprint density at radius 2 is 1.39 bits per heavy atom. The van der Waals surface area contributed by atoms with Crippen molar-refractivity contribution in [3.63, 3.8) is 0 Å². The van der Waals surface area contributed by atoms with Crippen LogP contribution >= 0.6 is 0 Å². The van der Waals surface area contributed by atoms with Crippen LogP contribution in [0.1, 0.15) is 25.0 Å². The Kier molecular flexibility index (Phi) is 3.66. The standard InChI is InChI=1S/C16H14.C2H6/c1-11-6-5-8-14-10-13-7-3-4-9-15(13)12(2)16(11)14;1-2/h3-10H,1-2H3;1-2H3. The molecule has 0 heterocycles. The van der Waals surface area contributed by atoms with Gasteiger partial charge >= 0.3 is 0 Å². The van der Waals surface area contributed by atoms with E-state index in [-0.39, 0.29) is 0 Å². The molecule has 0 aromatic heterocycles. The van der Waals surface area contributed by atoms with Crippen LogP contribution in [-0.4, -0.2) is 0 Å². The van der Waals surface area contributed by atoms with Gasteiger partial charge in [-0.15, -0.1) is 0 Å². The number of fused-ring (bicyclic) bond motifs is 2. The summed E-state index contributed by atoms with van der Waals surface area (Å²) in [4.78, 5) is 0. The third-order valence-corrected chi connectivity index (χ3v) is 3.36. The minimum absolute atomic E-state index is 1.33. The van der Waals surface area contributed by atoms with Crippen molar-refractivity contribution >= 4 is 21.5 Å². The van der Waals surface area contributed by atoms with Gasteiger partial charge in [0, 0.05) is 0 Å². The molecule has 0 saturated carbocycles. The largest absolute Gasteiger partial charge is 0.0683 e. The number of hydrogen-bond donors (Lipinski definition) is 0. The zero-order valence-corrected chi connectivity index (χ0v) is 11.6. The molecule has 92 valence electrons. The van der Waals surface area contributed by atoms with Gasteiger partial charge in [0.05, 0.1) is 0 Å². The molecule has 3 aromatic rings. The van der Waals surface area contributed by atoms with Crippen LogP contribution in [0.5, 0.6) is 0 Å². The molecule has 0 saturated heterocycles. The van der Waals surface area contributed by atoms with E-state index in [0.717, 1.165) is 0 Å². The molecular formula is C18H20. The lowest BCUT2D eigenvalue weighted by molar-refractivity contribution is 1.49. The van der Waals surface area contributed by atoms with Crippen LogP contribution in [0.25, 0.3) is 21.5 Å². The van der Waals surface area contributed by atoms with E-state index in [1.54, 1.807) is 0 Å². The minimum atomic E-state index is 1.33. The summed E-state index contributed by atoms with van der Waals surface area (Å²) in [5, 5.41) is 5.44. The van der Waals surface area contributed by atoms with Gasteiger partial charge in [0.1, 0.15) is 0 Å². The van der Waals surface area contributed by atoms with Gasteiger partial charge in [0.25, 0.3) is 0 Å².